The van der Waals surface area contributed by atoms with E-state index in [9.17, 15) is 0 Å². The van der Waals surface area contributed by atoms with E-state index in [4.69, 9.17) is 21.4 Å². The summed E-state index contributed by atoms with van der Waals surface area (Å²) in [7, 11) is 0. The van der Waals surface area contributed by atoms with Gasteiger partial charge in [0.2, 0.25) is 0 Å². The monoisotopic (exact) mass is 138 g/mol. The summed E-state index contributed by atoms with van der Waals surface area (Å²) < 4.78 is 4.72. The van der Waals surface area contributed by atoms with E-state index in [0.717, 1.165) is 0 Å². The molecule has 0 aliphatic heterocycles. The third kappa shape index (κ3) is 4.37. The Labute approximate surface area is 54.4 Å². The lowest BCUT2D eigenvalue weighted by atomic mass is 10.5. The lowest BCUT2D eigenvalue weighted by Crippen LogP contribution is -2.13. The van der Waals surface area contributed by atoms with Crippen LogP contribution in [0.25, 0.3) is 0 Å². The lowest BCUT2D eigenvalue weighted by molar-refractivity contribution is -0.108. The molecule has 0 spiro atoms. The predicted octanol–water partition coefficient (Wildman–Crippen LogP) is 1.32. The van der Waals surface area contributed by atoms with Crippen molar-refractivity contribution in [2.24, 2.45) is 0 Å². The molecule has 1 N–H and O–H groups in total. The standard InChI is InChI=1S/C5H11ClO2/c1-3-5(7)8-4(2)6/h4-5,7H,3H2,1-2H3. The highest BCUT2D eigenvalue weighted by atomic mass is 35.5. The van der Waals surface area contributed by atoms with Gasteiger partial charge < -0.3 is 9.84 Å². The summed E-state index contributed by atoms with van der Waals surface area (Å²) in [5.74, 6) is 0. The number of ether oxygens (including phenoxy) is 1. The van der Waals surface area contributed by atoms with Crippen LogP contribution in [0.4, 0.5) is 0 Å². The maximum Gasteiger partial charge on any atom is 0.156 e. The molecule has 0 fully saturated rings. The van der Waals surface area contributed by atoms with E-state index in [1.807, 2.05) is 6.92 Å². The number of aliphatic hydroxyl groups excluding tert-OH is 1. The molecule has 0 amide bonds. The molecule has 0 aromatic carbocycles. The average molecular weight is 139 g/mol. The van der Waals surface area contributed by atoms with Crippen LogP contribution in [0.1, 0.15) is 20.3 Å². The van der Waals surface area contributed by atoms with E-state index >= 15 is 0 Å². The molecule has 2 unspecified atom stereocenters. The van der Waals surface area contributed by atoms with Gasteiger partial charge >= 0.3 is 0 Å². The van der Waals surface area contributed by atoms with Crippen molar-refractivity contribution in [2.75, 3.05) is 0 Å². The van der Waals surface area contributed by atoms with Gasteiger partial charge in [0.15, 0.2) is 6.29 Å². The van der Waals surface area contributed by atoms with Crippen LogP contribution in [0.15, 0.2) is 0 Å². The van der Waals surface area contributed by atoms with Crippen LogP contribution in [0.2, 0.25) is 0 Å². The van der Waals surface area contributed by atoms with Crippen molar-refractivity contribution in [1.82, 2.24) is 0 Å². The van der Waals surface area contributed by atoms with Gasteiger partial charge in [-0.15, -0.1) is 0 Å². The van der Waals surface area contributed by atoms with E-state index in [-0.39, 0.29) is 0 Å². The normalized spacial score (nSPS) is 18.0. The van der Waals surface area contributed by atoms with Gasteiger partial charge in [-0.25, -0.2) is 0 Å². The summed E-state index contributed by atoms with van der Waals surface area (Å²) in [5.41, 5.74) is -0.398. The van der Waals surface area contributed by atoms with Gasteiger partial charge in [-0.1, -0.05) is 18.5 Å². The van der Waals surface area contributed by atoms with Crippen molar-refractivity contribution in [3.8, 4) is 0 Å². The second-order valence-corrected chi connectivity index (χ2v) is 2.16. The highest BCUT2D eigenvalue weighted by Crippen LogP contribution is 2.01. The Morgan fingerprint density at radius 1 is 1.75 bits per heavy atom. The first-order valence-corrected chi connectivity index (χ1v) is 3.08. The Morgan fingerprint density at radius 3 is 2.38 bits per heavy atom. The zero-order valence-electron chi connectivity index (χ0n) is 5.10. The molecule has 0 radical (unpaired) electrons. The maximum absolute atomic E-state index is 8.72. The molecule has 0 bridgehead atoms. The molecule has 2 atom stereocenters. The molecule has 0 saturated heterocycles. The number of halogens is 1. The van der Waals surface area contributed by atoms with Crippen LogP contribution in [0.5, 0.6) is 0 Å². The first kappa shape index (κ1) is 8.21. The van der Waals surface area contributed by atoms with Crippen LogP contribution in [-0.2, 0) is 4.74 Å². The molecule has 2 nitrogen and oxygen atoms in total. The summed E-state index contributed by atoms with van der Waals surface area (Å²) >= 11 is 5.37. The van der Waals surface area contributed by atoms with E-state index in [1.54, 1.807) is 6.92 Å². The molecule has 0 aromatic rings. The number of rotatable bonds is 3. The fraction of sp³-hybridized carbons (Fsp3) is 1.00. The van der Waals surface area contributed by atoms with Crippen molar-refractivity contribution < 1.29 is 9.84 Å². The molecular formula is C5H11ClO2. The first-order chi connectivity index (χ1) is 3.66. The average Bonchev–Trinajstić information content (AvgIpc) is 1.65. The largest absolute Gasteiger partial charge is 0.368 e. The Kier molecular flexibility index (Phi) is 4.23. The molecular weight excluding hydrogens is 128 g/mol. The summed E-state index contributed by atoms with van der Waals surface area (Å²) in [4.78, 5) is 0. The lowest BCUT2D eigenvalue weighted by Gasteiger charge is -2.09. The summed E-state index contributed by atoms with van der Waals surface area (Å²) in [6, 6.07) is 0. The number of aliphatic hydroxyl groups is 1. The van der Waals surface area contributed by atoms with E-state index in [2.05, 4.69) is 0 Å². The molecule has 0 aromatic heterocycles. The van der Waals surface area contributed by atoms with Crippen LogP contribution in [0, 0.1) is 0 Å². The van der Waals surface area contributed by atoms with E-state index in [0.29, 0.717) is 6.42 Å². The topological polar surface area (TPSA) is 29.5 Å². The zero-order valence-corrected chi connectivity index (χ0v) is 5.85. The van der Waals surface area contributed by atoms with Crippen LogP contribution in [-0.4, -0.2) is 17.0 Å². The third-order valence-electron chi connectivity index (χ3n) is 0.694. The maximum atomic E-state index is 8.72. The molecule has 3 heteroatoms. The Bertz CT molecular complexity index is 56.4. The van der Waals surface area contributed by atoms with Crippen LogP contribution in [0.3, 0.4) is 0 Å². The van der Waals surface area contributed by atoms with Gasteiger partial charge in [-0.3, -0.25) is 0 Å². The number of hydrogen-bond acceptors (Lipinski definition) is 2. The zero-order chi connectivity index (χ0) is 6.57. The molecule has 0 saturated carbocycles. The minimum absolute atomic E-state index is 0.398. The quantitative estimate of drug-likeness (QED) is 0.471. The molecule has 0 heterocycles. The van der Waals surface area contributed by atoms with E-state index < -0.39 is 11.9 Å². The van der Waals surface area contributed by atoms with Gasteiger partial charge in [0, 0.05) is 0 Å². The number of hydrogen-bond donors (Lipinski definition) is 1. The molecule has 0 rings (SSSR count). The highest BCUT2D eigenvalue weighted by Gasteiger charge is 2.02. The highest BCUT2D eigenvalue weighted by molar-refractivity contribution is 6.19. The van der Waals surface area contributed by atoms with Crippen molar-refractivity contribution in [3.05, 3.63) is 0 Å². The van der Waals surface area contributed by atoms with Gasteiger partial charge in [0.25, 0.3) is 0 Å². The Hall–Kier alpha value is 0.210. The molecule has 8 heavy (non-hydrogen) atoms. The Balaban J connectivity index is 3.10. The van der Waals surface area contributed by atoms with Crippen molar-refractivity contribution >= 4 is 11.6 Å². The minimum Gasteiger partial charge on any atom is -0.368 e. The molecule has 50 valence electrons. The van der Waals surface area contributed by atoms with E-state index in [1.165, 1.54) is 0 Å². The fourth-order valence-corrected chi connectivity index (χ4v) is 0.431. The second-order valence-electron chi connectivity index (χ2n) is 1.54. The minimum atomic E-state index is -0.706. The Morgan fingerprint density at radius 2 is 2.25 bits per heavy atom. The van der Waals surface area contributed by atoms with Gasteiger partial charge in [0.1, 0.15) is 5.56 Å². The SMILES string of the molecule is CCC(O)OC(C)Cl. The third-order valence-corrected chi connectivity index (χ3v) is 0.797. The second kappa shape index (κ2) is 4.13. The van der Waals surface area contributed by atoms with Gasteiger partial charge in [-0.2, -0.15) is 0 Å². The summed E-state index contributed by atoms with van der Waals surface area (Å²) in [6.07, 6.45) is -0.126. The summed E-state index contributed by atoms with van der Waals surface area (Å²) in [5, 5.41) is 8.72. The van der Waals surface area contributed by atoms with Crippen LogP contribution >= 0.6 is 11.6 Å². The van der Waals surface area contributed by atoms with Gasteiger partial charge in [0.05, 0.1) is 0 Å². The first-order valence-electron chi connectivity index (χ1n) is 2.64. The number of alkyl halides is 1. The smallest absolute Gasteiger partial charge is 0.156 e. The predicted molar refractivity (Wildman–Crippen MR) is 32.7 cm³/mol. The fourth-order valence-electron chi connectivity index (χ4n) is 0.313. The van der Waals surface area contributed by atoms with Crippen molar-refractivity contribution in [2.45, 2.75) is 32.1 Å². The van der Waals surface area contributed by atoms with Crippen molar-refractivity contribution in [1.29, 1.82) is 0 Å². The van der Waals surface area contributed by atoms with Crippen LogP contribution < -0.4 is 0 Å². The summed E-state index contributed by atoms with van der Waals surface area (Å²) in [6.45, 7) is 3.49. The van der Waals surface area contributed by atoms with Crippen molar-refractivity contribution in [3.63, 3.8) is 0 Å². The molecule has 0 aliphatic carbocycles. The molecule has 0 aliphatic rings. The van der Waals surface area contributed by atoms with Gasteiger partial charge in [-0.05, 0) is 13.3 Å².